The number of hydrogen-bond acceptors (Lipinski definition) is 5. The first-order valence-electron chi connectivity index (χ1n) is 12.2. The Morgan fingerprint density at radius 2 is 0.821 bits per heavy atom. The Kier molecular flexibility index (Phi) is 6.26. The van der Waals surface area contributed by atoms with Crippen LogP contribution in [0, 0.1) is 20.2 Å². The highest BCUT2D eigenvalue weighted by Crippen LogP contribution is 2.46. The minimum atomic E-state index is -0.328. The zero-order valence-corrected chi connectivity index (χ0v) is 21.3. The van der Waals surface area contributed by atoms with Gasteiger partial charge in [-0.15, -0.1) is 0 Å². The summed E-state index contributed by atoms with van der Waals surface area (Å²) in [5.41, 5.74) is 2.61. The van der Waals surface area contributed by atoms with E-state index >= 15 is 0 Å². The van der Waals surface area contributed by atoms with E-state index < -0.39 is 0 Å². The predicted octanol–water partition coefficient (Wildman–Crippen LogP) is 9.29. The van der Waals surface area contributed by atoms with Gasteiger partial charge in [-0.1, -0.05) is 96.7 Å². The van der Waals surface area contributed by atoms with Crippen molar-refractivity contribution in [3.05, 3.63) is 142 Å². The van der Waals surface area contributed by atoms with E-state index in [-0.39, 0.29) is 21.2 Å². The van der Waals surface area contributed by atoms with Crippen LogP contribution in [0.2, 0.25) is 0 Å². The second kappa shape index (κ2) is 10.0. The maximum absolute atomic E-state index is 12.3. The summed E-state index contributed by atoms with van der Waals surface area (Å²) in [4.78, 5) is 25.5. The topological polar surface area (TPSA) is 86.3 Å². The van der Waals surface area contributed by atoms with Crippen molar-refractivity contribution in [1.82, 2.24) is 0 Å². The summed E-state index contributed by atoms with van der Waals surface area (Å²) >= 11 is 1.44. The van der Waals surface area contributed by atoms with Crippen LogP contribution in [0.25, 0.3) is 43.8 Å². The largest absolute Gasteiger partial charge is 0.284 e. The molecule has 0 aliphatic heterocycles. The van der Waals surface area contributed by atoms with Gasteiger partial charge in [0.15, 0.2) is 0 Å². The molecule has 39 heavy (non-hydrogen) atoms. The zero-order valence-electron chi connectivity index (χ0n) is 20.5. The summed E-state index contributed by atoms with van der Waals surface area (Å²) in [6.45, 7) is 0. The molecule has 0 radical (unpaired) electrons. The molecule has 6 nitrogen and oxygen atoms in total. The number of benzene rings is 6. The van der Waals surface area contributed by atoms with Crippen molar-refractivity contribution in [3.8, 4) is 22.3 Å². The van der Waals surface area contributed by atoms with Gasteiger partial charge in [0.25, 0.3) is 11.4 Å². The molecule has 0 heterocycles. The Morgan fingerprint density at radius 3 is 1.26 bits per heavy atom. The summed E-state index contributed by atoms with van der Waals surface area (Å²) in [7, 11) is 0. The summed E-state index contributed by atoms with van der Waals surface area (Å²) in [6.07, 6.45) is 0. The van der Waals surface area contributed by atoms with E-state index in [2.05, 4.69) is 0 Å². The minimum absolute atomic E-state index is 0.0552. The van der Waals surface area contributed by atoms with Gasteiger partial charge in [0, 0.05) is 20.9 Å². The van der Waals surface area contributed by atoms with Gasteiger partial charge in [0.2, 0.25) is 0 Å². The fraction of sp³-hybridized carbons (Fsp3) is 0. The molecule has 188 valence electrons. The Morgan fingerprint density at radius 1 is 0.436 bits per heavy atom. The van der Waals surface area contributed by atoms with Gasteiger partial charge in [-0.2, -0.15) is 0 Å². The molecule has 0 bridgehead atoms. The SMILES string of the molecule is O=[N+]([O-])c1c(-c2ccccc2Sc2ccccc2-c2ccc3ccccc3c2[N+](=O)[O-])ccc2ccccc12. The third-order valence-electron chi connectivity index (χ3n) is 6.74. The van der Waals surface area contributed by atoms with E-state index in [0.717, 1.165) is 31.7 Å². The molecule has 6 rings (SSSR count). The number of hydrogen-bond donors (Lipinski definition) is 0. The van der Waals surface area contributed by atoms with Crippen LogP contribution in [0.15, 0.2) is 131 Å². The van der Waals surface area contributed by atoms with Crippen LogP contribution < -0.4 is 0 Å². The fourth-order valence-corrected chi connectivity index (χ4v) is 6.12. The van der Waals surface area contributed by atoms with E-state index in [0.29, 0.717) is 21.9 Å². The molecule has 7 heteroatoms. The molecule has 0 aromatic heterocycles. The first-order valence-corrected chi connectivity index (χ1v) is 13.0. The van der Waals surface area contributed by atoms with E-state index in [1.807, 2.05) is 84.9 Å². The van der Waals surface area contributed by atoms with Crippen LogP contribution in [0.5, 0.6) is 0 Å². The molecule has 6 aromatic carbocycles. The first kappa shape index (κ1) is 24.3. The molecule has 0 aliphatic rings. The lowest BCUT2D eigenvalue weighted by molar-refractivity contribution is -0.382. The molecule has 0 aliphatic carbocycles. The third-order valence-corrected chi connectivity index (χ3v) is 7.89. The highest BCUT2D eigenvalue weighted by molar-refractivity contribution is 7.99. The molecular formula is C32H20N2O4S. The van der Waals surface area contributed by atoms with Crippen LogP contribution in [-0.2, 0) is 0 Å². The molecule has 0 fully saturated rings. The summed E-state index contributed by atoms with van der Waals surface area (Å²) < 4.78 is 0. The Hall–Kier alpha value is -5.01. The molecule has 0 unspecified atom stereocenters. The van der Waals surface area contributed by atoms with Crippen LogP contribution in [-0.4, -0.2) is 9.85 Å². The van der Waals surface area contributed by atoms with E-state index in [1.165, 1.54) is 11.8 Å². The van der Waals surface area contributed by atoms with Gasteiger partial charge in [-0.05, 0) is 47.2 Å². The average Bonchev–Trinajstić information content (AvgIpc) is 2.96. The van der Waals surface area contributed by atoms with Crippen molar-refractivity contribution in [2.75, 3.05) is 0 Å². The summed E-state index contributed by atoms with van der Waals surface area (Å²) in [5, 5.41) is 27.3. The van der Waals surface area contributed by atoms with Gasteiger partial charge >= 0.3 is 0 Å². The van der Waals surface area contributed by atoms with Gasteiger partial charge in [-0.25, -0.2) is 0 Å². The molecule has 0 saturated heterocycles. The lowest BCUT2D eigenvalue weighted by Gasteiger charge is -2.14. The normalized spacial score (nSPS) is 11.1. The minimum Gasteiger partial charge on any atom is -0.258 e. The maximum Gasteiger partial charge on any atom is 0.284 e. The van der Waals surface area contributed by atoms with Gasteiger partial charge in [0.05, 0.1) is 31.7 Å². The van der Waals surface area contributed by atoms with Crippen LogP contribution >= 0.6 is 11.8 Å². The second-order valence-electron chi connectivity index (χ2n) is 8.97. The Bertz CT molecular complexity index is 1780. The summed E-state index contributed by atoms with van der Waals surface area (Å²) in [5.74, 6) is 0. The van der Waals surface area contributed by atoms with Crippen LogP contribution in [0.3, 0.4) is 0 Å². The van der Waals surface area contributed by atoms with E-state index in [4.69, 9.17) is 0 Å². The monoisotopic (exact) mass is 528 g/mol. The van der Waals surface area contributed by atoms with Gasteiger partial charge < -0.3 is 0 Å². The van der Waals surface area contributed by atoms with E-state index in [9.17, 15) is 20.2 Å². The molecule has 0 atom stereocenters. The Labute approximate surface area is 227 Å². The number of nitro groups is 2. The number of nitrogens with zero attached hydrogens (tertiary/aromatic N) is 2. The predicted molar refractivity (Wildman–Crippen MR) is 156 cm³/mol. The van der Waals surface area contributed by atoms with Gasteiger partial charge in [0.1, 0.15) is 0 Å². The number of nitro benzene ring substituents is 2. The van der Waals surface area contributed by atoms with Gasteiger partial charge in [-0.3, -0.25) is 20.2 Å². The van der Waals surface area contributed by atoms with Crippen molar-refractivity contribution in [1.29, 1.82) is 0 Å². The smallest absolute Gasteiger partial charge is 0.258 e. The third kappa shape index (κ3) is 4.39. The second-order valence-corrected chi connectivity index (χ2v) is 10.1. The first-order chi connectivity index (χ1) is 19.0. The highest BCUT2D eigenvalue weighted by Gasteiger charge is 2.24. The molecule has 0 amide bonds. The lowest BCUT2D eigenvalue weighted by atomic mass is 9.98. The molecule has 0 saturated carbocycles. The van der Waals surface area contributed by atoms with Crippen molar-refractivity contribution in [2.45, 2.75) is 9.79 Å². The lowest BCUT2D eigenvalue weighted by Crippen LogP contribution is -1.96. The average molecular weight is 529 g/mol. The molecular weight excluding hydrogens is 508 g/mol. The number of rotatable bonds is 6. The van der Waals surface area contributed by atoms with Crippen molar-refractivity contribution in [2.24, 2.45) is 0 Å². The van der Waals surface area contributed by atoms with Crippen LogP contribution in [0.4, 0.5) is 11.4 Å². The Balaban J connectivity index is 1.52. The molecule has 6 aromatic rings. The zero-order chi connectivity index (χ0) is 26.9. The van der Waals surface area contributed by atoms with Crippen molar-refractivity contribution < 1.29 is 9.85 Å². The fourth-order valence-electron chi connectivity index (χ4n) is 5.01. The molecule has 0 spiro atoms. The summed E-state index contributed by atoms with van der Waals surface area (Å²) in [6, 6.07) is 37.0. The van der Waals surface area contributed by atoms with Crippen molar-refractivity contribution in [3.63, 3.8) is 0 Å². The van der Waals surface area contributed by atoms with Crippen molar-refractivity contribution >= 4 is 44.7 Å². The molecule has 0 N–H and O–H groups in total. The van der Waals surface area contributed by atoms with E-state index in [1.54, 1.807) is 36.4 Å². The highest BCUT2D eigenvalue weighted by atomic mass is 32.2. The van der Waals surface area contributed by atoms with Crippen LogP contribution in [0.1, 0.15) is 0 Å². The number of fused-ring (bicyclic) bond motifs is 2. The quantitative estimate of drug-likeness (QED) is 0.159. The maximum atomic E-state index is 12.3. The standard InChI is InChI=1S/C32H20N2O4S/c35-33(36)31-23-11-3-1-9-21(23)17-19-27(31)25-13-5-7-15-29(25)39-30-16-8-6-14-26(30)28-20-18-22-10-2-4-12-24(22)32(28)34(37)38/h1-20H.